The number of hydrogen-bond donors (Lipinski definition) is 1. The van der Waals surface area contributed by atoms with E-state index in [1.54, 1.807) is 7.11 Å². The minimum absolute atomic E-state index is 0.353. The van der Waals surface area contributed by atoms with Crippen molar-refractivity contribution in [3.8, 4) is 5.75 Å². The number of carbonyl (C=O) groups is 1. The van der Waals surface area contributed by atoms with Gasteiger partial charge in [0.15, 0.2) is 0 Å². The SMILES string of the molecule is COc1cccc(CNC2CCN(C(=O)C3CC3)CC2)c1. The molecule has 4 nitrogen and oxygen atoms in total. The first-order valence-corrected chi connectivity index (χ1v) is 7.91. The van der Waals surface area contributed by atoms with E-state index in [-0.39, 0.29) is 0 Å². The second kappa shape index (κ2) is 6.48. The van der Waals surface area contributed by atoms with Crippen LogP contribution in [0.2, 0.25) is 0 Å². The Labute approximate surface area is 126 Å². The van der Waals surface area contributed by atoms with Crippen LogP contribution < -0.4 is 10.1 Å². The zero-order valence-electron chi connectivity index (χ0n) is 12.7. The van der Waals surface area contributed by atoms with Crippen LogP contribution in [0.15, 0.2) is 24.3 Å². The van der Waals surface area contributed by atoms with Crippen LogP contribution in [0.5, 0.6) is 5.75 Å². The number of benzene rings is 1. The maximum atomic E-state index is 12.0. The van der Waals surface area contributed by atoms with E-state index in [1.165, 1.54) is 5.56 Å². The lowest BCUT2D eigenvalue weighted by atomic mass is 10.0. The van der Waals surface area contributed by atoms with Crippen molar-refractivity contribution in [1.82, 2.24) is 10.2 Å². The summed E-state index contributed by atoms with van der Waals surface area (Å²) in [5, 5.41) is 3.60. The van der Waals surface area contributed by atoms with Crippen LogP contribution in [-0.2, 0) is 11.3 Å². The molecule has 1 amide bonds. The van der Waals surface area contributed by atoms with Gasteiger partial charge < -0.3 is 15.0 Å². The van der Waals surface area contributed by atoms with E-state index in [9.17, 15) is 4.79 Å². The number of rotatable bonds is 5. The molecule has 3 rings (SSSR count). The van der Waals surface area contributed by atoms with Gasteiger partial charge in [-0.2, -0.15) is 0 Å². The molecule has 21 heavy (non-hydrogen) atoms. The summed E-state index contributed by atoms with van der Waals surface area (Å²) in [6.45, 7) is 2.68. The molecular formula is C17H24N2O2. The molecule has 0 spiro atoms. The maximum absolute atomic E-state index is 12.0. The van der Waals surface area contributed by atoms with Crippen molar-refractivity contribution in [1.29, 1.82) is 0 Å². The van der Waals surface area contributed by atoms with E-state index in [4.69, 9.17) is 4.74 Å². The first-order chi connectivity index (χ1) is 10.3. The third-order valence-electron chi connectivity index (χ3n) is 4.46. The van der Waals surface area contributed by atoms with Gasteiger partial charge in [-0.15, -0.1) is 0 Å². The van der Waals surface area contributed by atoms with E-state index in [0.717, 1.165) is 51.1 Å². The maximum Gasteiger partial charge on any atom is 0.225 e. The van der Waals surface area contributed by atoms with Gasteiger partial charge in [-0.25, -0.2) is 0 Å². The summed E-state index contributed by atoms with van der Waals surface area (Å²) >= 11 is 0. The Balaban J connectivity index is 1.43. The Morgan fingerprint density at radius 3 is 2.71 bits per heavy atom. The van der Waals surface area contributed by atoms with Gasteiger partial charge in [0.2, 0.25) is 5.91 Å². The first kappa shape index (κ1) is 14.4. The van der Waals surface area contributed by atoms with Crippen LogP contribution in [-0.4, -0.2) is 37.0 Å². The van der Waals surface area contributed by atoms with E-state index in [0.29, 0.717) is 17.9 Å². The Morgan fingerprint density at radius 2 is 2.05 bits per heavy atom. The molecule has 1 aromatic carbocycles. The van der Waals surface area contributed by atoms with Crippen molar-refractivity contribution in [3.63, 3.8) is 0 Å². The molecule has 1 heterocycles. The largest absolute Gasteiger partial charge is 0.497 e. The molecule has 1 aliphatic carbocycles. The number of methoxy groups -OCH3 is 1. The molecule has 1 N–H and O–H groups in total. The van der Waals surface area contributed by atoms with Crippen molar-refractivity contribution in [2.24, 2.45) is 5.92 Å². The minimum atomic E-state index is 0.353. The average Bonchev–Trinajstić information content (AvgIpc) is 3.38. The first-order valence-electron chi connectivity index (χ1n) is 7.91. The topological polar surface area (TPSA) is 41.6 Å². The summed E-state index contributed by atoms with van der Waals surface area (Å²) in [6.07, 6.45) is 4.32. The number of likely N-dealkylation sites (tertiary alicyclic amines) is 1. The van der Waals surface area contributed by atoms with Gasteiger partial charge in [-0.1, -0.05) is 12.1 Å². The molecule has 0 aromatic heterocycles. The number of nitrogens with zero attached hydrogens (tertiary/aromatic N) is 1. The molecule has 1 aliphatic heterocycles. The number of ether oxygens (including phenoxy) is 1. The number of amides is 1. The van der Waals surface area contributed by atoms with Crippen molar-refractivity contribution >= 4 is 5.91 Å². The van der Waals surface area contributed by atoms with Gasteiger partial charge in [0.05, 0.1) is 7.11 Å². The fraction of sp³-hybridized carbons (Fsp3) is 0.588. The van der Waals surface area contributed by atoms with Crippen LogP contribution in [0.3, 0.4) is 0 Å². The number of piperidine rings is 1. The monoisotopic (exact) mass is 288 g/mol. The van der Waals surface area contributed by atoms with Crippen LogP contribution >= 0.6 is 0 Å². The molecule has 0 bridgehead atoms. The summed E-state index contributed by atoms with van der Waals surface area (Å²) in [5.41, 5.74) is 1.24. The molecule has 114 valence electrons. The summed E-state index contributed by atoms with van der Waals surface area (Å²) in [5.74, 6) is 1.65. The average molecular weight is 288 g/mol. The number of carbonyl (C=O) groups excluding carboxylic acids is 1. The molecule has 1 saturated heterocycles. The standard InChI is InChI=1S/C17H24N2O2/c1-21-16-4-2-3-13(11-16)12-18-15-7-9-19(10-8-15)17(20)14-5-6-14/h2-4,11,14-15,18H,5-10,12H2,1H3. The van der Waals surface area contributed by atoms with Crippen molar-refractivity contribution in [2.75, 3.05) is 20.2 Å². The van der Waals surface area contributed by atoms with Gasteiger partial charge in [0, 0.05) is 31.6 Å². The van der Waals surface area contributed by atoms with Crippen molar-refractivity contribution < 1.29 is 9.53 Å². The van der Waals surface area contributed by atoms with Crippen LogP contribution in [0, 0.1) is 5.92 Å². The van der Waals surface area contributed by atoms with E-state index >= 15 is 0 Å². The Bertz CT molecular complexity index is 491. The van der Waals surface area contributed by atoms with E-state index in [1.807, 2.05) is 12.1 Å². The van der Waals surface area contributed by atoms with Crippen LogP contribution in [0.4, 0.5) is 0 Å². The lowest BCUT2D eigenvalue weighted by molar-refractivity contribution is -0.133. The van der Waals surface area contributed by atoms with Crippen LogP contribution in [0.25, 0.3) is 0 Å². The predicted octanol–water partition coefficient (Wildman–Crippen LogP) is 2.19. The highest BCUT2D eigenvalue weighted by Gasteiger charge is 2.34. The highest BCUT2D eigenvalue weighted by Crippen LogP contribution is 2.31. The quantitative estimate of drug-likeness (QED) is 0.903. The fourth-order valence-corrected chi connectivity index (χ4v) is 2.94. The number of nitrogens with one attached hydrogen (secondary N) is 1. The minimum Gasteiger partial charge on any atom is -0.497 e. The van der Waals surface area contributed by atoms with E-state index in [2.05, 4.69) is 22.3 Å². The summed E-state index contributed by atoms with van der Waals surface area (Å²) in [4.78, 5) is 14.1. The van der Waals surface area contributed by atoms with Crippen molar-refractivity contribution in [3.05, 3.63) is 29.8 Å². The molecule has 1 saturated carbocycles. The van der Waals surface area contributed by atoms with Gasteiger partial charge in [-0.3, -0.25) is 4.79 Å². The zero-order valence-corrected chi connectivity index (χ0v) is 12.7. The van der Waals surface area contributed by atoms with Gasteiger partial charge >= 0.3 is 0 Å². The Morgan fingerprint density at radius 1 is 1.29 bits per heavy atom. The molecule has 0 radical (unpaired) electrons. The van der Waals surface area contributed by atoms with Gasteiger partial charge in [0.25, 0.3) is 0 Å². The predicted molar refractivity (Wildman–Crippen MR) is 82.2 cm³/mol. The second-order valence-electron chi connectivity index (χ2n) is 6.11. The third-order valence-corrected chi connectivity index (χ3v) is 4.46. The van der Waals surface area contributed by atoms with Gasteiger partial charge in [-0.05, 0) is 43.4 Å². The molecule has 2 aliphatic rings. The molecule has 2 fully saturated rings. The van der Waals surface area contributed by atoms with Crippen molar-refractivity contribution in [2.45, 2.75) is 38.3 Å². The van der Waals surface area contributed by atoms with E-state index < -0.39 is 0 Å². The second-order valence-corrected chi connectivity index (χ2v) is 6.11. The summed E-state index contributed by atoms with van der Waals surface area (Å²) in [7, 11) is 1.69. The lowest BCUT2D eigenvalue weighted by Gasteiger charge is -2.32. The molecule has 4 heteroatoms. The highest BCUT2D eigenvalue weighted by molar-refractivity contribution is 5.81. The molecule has 1 aromatic rings. The summed E-state index contributed by atoms with van der Waals surface area (Å²) < 4.78 is 5.24. The smallest absolute Gasteiger partial charge is 0.225 e. The highest BCUT2D eigenvalue weighted by atomic mass is 16.5. The Kier molecular flexibility index (Phi) is 4.44. The molecule has 0 atom stereocenters. The lowest BCUT2D eigenvalue weighted by Crippen LogP contribution is -2.45. The fourth-order valence-electron chi connectivity index (χ4n) is 2.94. The summed E-state index contributed by atoms with van der Waals surface area (Å²) in [6, 6.07) is 8.68. The van der Waals surface area contributed by atoms with Crippen LogP contribution in [0.1, 0.15) is 31.2 Å². The zero-order chi connectivity index (χ0) is 14.7. The van der Waals surface area contributed by atoms with Gasteiger partial charge in [0.1, 0.15) is 5.75 Å². The third kappa shape index (κ3) is 3.76. The molecular weight excluding hydrogens is 264 g/mol. The Hall–Kier alpha value is -1.55. The molecule has 0 unspecified atom stereocenters. The number of hydrogen-bond acceptors (Lipinski definition) is 3. The normalized spacial score (nSPS) is 19.6.